The quantitative estimate of drug-likeness (QED) is 0.765. The molecular formula is C13H13NO3. The molecule has 1 aliphatic heterocycles. The zero-order valence-corrected chi connectivity index (χ0v) is 9.70. The third-order valence-electron chi connectivity index (χ3n) is 2.68. The Balaban J connectivity index is 2.49. The van der Waals surface area contributed by atoms with Crippen LogP contribution in [0.4, 0.5) is 5.69 Å². The first-order valence-electron chi connectivity index (χ1n) is 5.33. The highest BCUT2D eigenvalue weighted by atomic mass is 16.4. The lowest BCUT2D eigenvalue weighted by Crippen LogP contribution is -2.04. The van der Waals surface area contributed by atoms with E-state index in [-0.39, 0.29) is 12.3 Å². The lowest BCUT2D eigenvalue weighted by Gasteiger charge is -2.03. The number of benzene rings is 1. The van der Waals surface area contributed by atoms with Crippen LogP contribution < -0.4 is 5.32 Å². The Morgan fingerprint density at radius 2 is 2.06 bits per heavy atom. The number of hydrogen-bond donors (Lipinski definition) is 2. The van der Waals surface area contributed by atoms with Crippen molar-refractivity contribution in [3.05, 3.63) is 34.9 Å². The van der Waals surface area contributed by atoms with Gasteiger partial charge in [0.25, 0.3) is 5.91 Å². The summed E-state index contributed by atoms with van der Waals surface area (Å²) in [5.74, 6) is -0.992. The van der Waals surface area contributed by atoms with Crippen molar-refractivity contribution in [3.63, 3.8) is 0 Å². The number of fused-ring (bicyclic) bond motifs is 1. The second-order valence-electron chi connectivity index (χ2n) is 4.28. The van der Waals surface area contributed by atoms with Crippen LogP contribution in [0.3, 0.4) is 0 Å². The number of nitrogens with one attached hydrogen (secondary N) is 1. The number of hydrogen-bond acceptors (Lipinski definition) is 2. The van der Waals surface area contributed by atoms with Crippen molar-refractivity contribution in [1.82, 2.24) is 0 Å². The lowest BCUT2D eigenvalue weighted by atomic mass is 9.99. The first-order valence-corrected chi connectivity index (χ1v) is 5.33. The average molecular weight is 231 g/mol. The summed E-state index contributed by atoms with van der Waals surface area (Å²) in [6, 6.07) is 5.24. The van der Waals surface area contributed by atoms with Crippen LogP contribution in [0.5, 0.6) is 0 Å². The molecule has 17 heavy (non-hydrogen) atoms. The Morgan fingerprint density at radius 3 is 2.65 bits per heavy atom. The molecule has 0 bridgehead atoms. The Labute approximate surface area is 99.0 Å². The number of carboxylic acid groups (broad SMARTS) is 1. The van der Waals surface area contributed by atoms with Gasteiger partial charge in [0.2, 0.25) is 0 Å². The Bertz CT molecular complexity index is 540. The van der Waals surface area contributed by atoms with E-state index in [4.69, 9.17) is 5.11 Å². The molecule has 0 atom stereocenters. The normalized spacial score (nSPS) is 13.3. The van der Waals surface area contributed by atoms with Crippen LogP contribution >= 0.6 is 0 Å². The smallest absolute Gasteiger partial charge is 0.307 e. The van der Waals surface area contributed by atoms with Crippen molar-refractivity contribution < 1.29 is 14.7 Å². The van der Waals surface area contributed by atoms with Gasteiger partial charge in [0.15, 0.2) is 0 Å². The highest BCUT2D eigenvalue weighted by Gasteiger charge is 2.25. The highest BCUT2D eigenvalue weighted by Crippen LogP contribution is 2.34. The maximum atomic E-state index is 11.7. The Kier molecular flexibility index (Phi) is 2.71. The first kappa shape index (κ1) is 11.4. The van der Waals surface area contributed by atoms with Gasteiger partial charge in [-0.3, -0.25) is 9.59 Å². The second kappa shape index (κ2) is 4.05. The molecule has 2 N–H and O–H groups in total. The number of rotatable bonds is 2. The molecule has 0 saturated heterocycles. The second-order valence-corrected chi connectivity index (χ2v) is 4.28. The van der Waals surface area contributed by atoms with E-state index >= 15 is 0 Å². The van der Waals surface area contributed by atoms with Crippen molar-refractivity contribution in [3.8, 4) is 0 Å². The summed E-state index contributed by atoms with van der Waals surface area (Å²) in [7, 11) is 0. The molecule has 0 radical (unpaired) electrons. The zero-order chi connectivity index (χ0) is 12.6. The van der Waals surface area contributed by atoms with E-state index in [1.807, 2.05) is 13.8 Å². The fourth-order valence-electron chi connectivity index (χ4n) is 2.00. The third kappa shape index (κ3) is 2.06. The molecular weight excluding hydrogens is 218 g/mol. The molecule has 0 unspecified atom stereocenters. The third-order valence-corrected chi connectivity index (χ3v) is 2.68. The number of allylic oxidation sites excluding steroid dienone is 1. The summed E-state index contributed by atoms with van der Waals surface area (Å²) < 4.78 is 0. The standard InChI is InChI=1S/C13H13NO3/c1-7(2)12-9-5-8(6-11(15)16)3-4-10(9)14-13(12)17/h3-5H,6H2,1-2H3,(H,14,17)(H,15,16). The molecule has 0 aliphatic carbocycles. The van der Waals surface area contributed by atoms with Crippen LogP contribution in [0.15, 0.2) is 23.8 Å². The van der Waals surface area contributed by atoms with E-state index in [0.717, 1.165) is 16.8 Å². The monoisotopic (exact) mass is 231 g/mol. The molecule has 88 valence electrons. The number of aliphatic carboxylic acids is 1. The predicted octanol–water partition coefficient (Wildman–Crippen LogP) is 2.06. The van der Waals surface area contributed by atoms with E-state index < -0.39 is 5.97 Å². The van der Waals surface area contributed by atoms with Gasteiger partial charge in [0.05, 0.1) is 6.42 Å². The molecule has 1 heterocycles. The summed E-state index contributed by atoms with van der Waals surface area (Å²) in [5.41, 5.74) is 3.82. The summed E-state index contributed by atoms with van der Waals surface area (Å²) in [6.07, 6.45) is -0.0302. The number of carbonyl (C=O) groups is 2. The molecule has 2 rings (SSSR count). The van der Waals surface area contributed by atoms with Crippen molar-refractivity contribution in [2.24, 2.45) is 0 Å². The van der Waals surface area contributed by atoms with Crippen molar-refractivity contribution in [2.45, 2.75) is 20.3 Å². The zero-order valence-electron chi connectivity index (χ0n) is 9.70. The molecule has 0 saturated carbocycles. The minimum atomic E-state index is -0.874. The summed E-state index contributed by atoms with van der Waals surface area (Å²) in [6.45, 7) is 3.74. The van der Waals surface area contributed by atoms with Gasteiger partial charge in [-0.25, -0.2) is 0 Å². The fourth-order valence-corrected chi connectivity index (χ4v) is 2.00. The highest BCUT2D eigenvalue weighted by molar-refractivity contribution is 6.32. The van der Waals surface area contributed by atoms with E-state index in [1.165, 1.54) is 0 Å². The number of anilines is 1. The molecule has 1 aliphatic rings. The van der Waals surface area contributed by atoms with Crippen LogP contribution in [0.1, 0.15) is 25.0 Å². The Hall–Kier alpha value is -2.10. The van der Waals surface area contributed by atoms with E-state index in [2.05, 4.69) is 5.32 Å². The van der Waals surface area contributed by atoms with Gasteiger partial charge in [-0.05, 0) is 31.5 Å². The summed E-state index contributed by atoms with van der Waals surface area (Å²) in [4.78, 5) is 22.4. The lowest BCUT2D eigenvalue weighted by molar-refractivity contribution is -0.136. The molecule has 4 heteroatoms. The number of carboxylic acids is 1. The van der Waals surface area contributed by atoms with E-state index in [9.17, 15) is 9.59 Å². The maximum Gasteiger partial charge on any atom is 0.307 e. The SMILES string of the molecule is CC(C)=C1C(=O)Nc2ccc(CC(=O)O)cc21. The van der Waals surface area contributed by atoms with E-state index in [0.29, 0.717) is 11.1 Å². The van der Waals surface area contributed by atoms with Crippen molar-refractivity contribution in [2.75, 3.05) is 5.32 Å². The first-order chi connectivity index (χ1) is 7.99. The molecule has 4 nitrogen and oxygen atoms in total. The van der Waals surface area contributed by atoms with Crippen LogP contribution in [0, 0.1) is 0 Å². The molecule has 1 aromatic rings. The molecule has 0 spiro atoms. The van der Waals surface area contributed by atoms with Gasteiger partial charge in [0.1, 0.15) is 0 Å². The van der Waals surface area contributed by atoms with Crippen LogP contribution in [-0.4, -0.2) is 17.0 Å². The van der Waals surface area contributed by atoms with Crippen LogP contribution in [0.25, 0.3) is 5.57 Å². The molecule has 0 fully saturated rings. The molecule has 1 aromatic carbocycles. The van der Waals surface area contributed by atoms with Gasteiger partial charge in [-0.15, -0.1) is 0 Å². The van der Waals surface area contributed by atoms with Gasteiger partial charge in [-0.2, -0.15) is 0 Å². The van der Waals surface area contributed by atoms with Gasteiger partial charge in [0, 0.05) is 16.8 Å². The largest absolute Gasteiger partial charge is 0.481 e. The minimum absolute atomic E-state index is 0.0302. The predicted molar refractivity (Wildman–Crippen MR) is 64.7 cm³/mol. The maximum absolute atomic E-state index is 11.7. The number of amides is 1. The van der Waals surface area contributed by atoms with Gasteiger partial charge >= 0.3 is 5.97 Å². The summed E-state index contributed by atoms with van der Waals surface area (Å²) >= 11 is 0. The van der Waals surface area contributed by atoms with Gasteiger partial charge < -0.3 is 10.4 Å². The minimum Gasteiger partial charge on any atom is -0.481 e. The fraction of sp³-hybridized carbons (Fsp3) is 0.231. The molecule has 0 aromatic heterocycles. The van der Waals surface area contributed by atoms with Crippen LogP contribution in [0.2, 0.25) is 0 Å². The van der Waals surface area contributed by atoms with Gasteiger partial charge in [-0.1, -0.05) is 11.6 Å². The van der Waals surface area contributed by atoms with E-state index in [1.54, 1.807) is 18.2 Å². The van der Waals surface area contributed by atoms with Crippen LogP contribution in [-0.2, 0) is 16.0 Å². The Morgan fingerprint density at radius 1 is 1.35 bits per heavy atom. The topological polar surface area (TPSA) is 66.4 Å². The van der Waals surface area contributed by atoms with Crippen molar-refractivity contribution in [1.29, 1.82) is 0 Å². The molecule has 1 amide bonds. The van der Waals surface area contributed by atoms with Crippen molar-refractivity contribution >= 4 is 23.1 Å². The summed E-state index contributed by atoms with van der Waals surface area (Å²) in [5, 5.41) is 11.5. The number of carbonyl (C=O) groups excluding carboxylic acids is 1. The average Bonchev–Trinajstić information content (AvgIpc) is 2.52.